The molecule has 0 N–H and O–H groups in total. The maximum Gasteiger partial charge on any atom is 0.0155 e. The van der Waals surface area contributed by atoms with Crippen LogP contribution in [-0.2, 0) is 0 Å². The van der Waals surface area contributed by atoms with Gasteiger partial charge in [0.05, 0.1) is 0 Å². The Labute approximate surface area is 63.4 Å². The molecule has 3 aliphatic rings. The summed E-state index contributed by atoms with van der Waals surface area (Å²) in [4.78, 5) is 2.51. The molecule has 58 valence electrons. The lowest BCUT2D eigenvalue weighted by atomic mass is 9.52. The number of fused-ring (bicyclic) bond motifs is 1. The standard InChI is InChI=1S/C9H17N/c1-8(2)7-5-9(8,3)6-10(7)4/h7H,5-6H2,1-4H3/t7-,9-/m1/s1. The maximum atomic E-state index is 2.51. The molecule has 3 fully saturated rings. The summed E-state index contributed by atoms with van der Waals surface area (Å²) in [6, 6.07) is 0.873. The van der Waals surface area contributed by atoms with E-state index in [1.807, 2.05) is 0 Å². The Morgan fingerprint density at radius 3 is 2.00 bits per heavy atom. The van der Waals surface area contributed by atoms with E-state index in [2.05, 4.69) is 32.7 Å². The van der Waals surface area contributed by atoms with Crippen molar-refractivity contribution in [3.05, 3.63) is 0 Å². The molecular formula is C9H17N. The number of hydrogen-bond acceptors (Lipinski definition) is 1. The van der Waals surface area contributed by atoms with E-state index >= 15 is 0 Å². The minimum Gasteiger partial charge on any atom is -0.302 e. The van der Waals surface area contributed by atoms with E-state index < -0.39 is 0 Å². The zero-order chi connectivity index (χ0) is 7.57. The molecule has 2 saturated heterocycles. The van der Waals surface area contributed by atoms with Crippen LogP contribution in [0.2, 0.25) is 0 Å². The van der Waals surface area contributed by atoms with Crippen LogP contribution >= 0.6 is 0 Å². The Bertz CT molecular complexity index is 171. The van der Waals surface area contributed by atoms with Gasteiger partial charge in [0, 0.05) is 12.6 Å². The molecule has 0 aromatic carbocycles. The molecule has 0 radical (unpaired) electrons. The lowest BCUT2D eigenvalue weighted by Crippen LogP contribution is -2.51. The van der Waals surface area contributed by atoms with Gasteiger partial charge in [0.1, 0.15) is 0 Å². The summed E-state index contributed by atoms with van der Waals surface area (Å²) >= 11 is 0. The summed E-state index contributed by atoms with van der Waals surface area (Å²) < 4.78 is 0. The van der Waals surface area contributed by atoms with Gasteiger partial charge in [-0.1, -0.05) is 20.8 Å². The van der Waals surface area contributed by atoms with Crippen LogP contribution in [0, 0.1) is 10.8 Å². The molecule has 2 aliphatic heterocycles. The number of hydrogen-bond donors (Lipinski definition) is 0. The maximum absolute atomic E-state index is 2.51. The van der Waals surface area contributed by atoms with E-state index in [0.717, 1.165) is 6.04 Å². The van der Waals surface area contributed by atoms with Gasteiger partial charge in [0.15, 0.2) is 0 Å². The van der Waals surface area contributed by atoms with Crippen molar-refractivity contribution in [1.82, 2.24) is 4.90 Å². The van der Waals surface area contributed by atoms with E-state index in [9.17, 15) is 0 Å². The molecule has 0 spiro atoms. The minimum absolute atomic E-state index is 0.585. The van der Waals surface area contributed by atoms with Gasteiger partial charge in [-0.15, -0.1) is 0 Å². The monoisotopic (exact) mass is 139 g/mol. The van der Waals surface area contributed by atoms with Gasteiger partial charge in [-0.3, -0.25) is 0 Å². The Morgan fingerprint density at radius 1 is 1.30 bits per heavy atom. The van der Waals surface area contributed by atoms with Crippen LogP contribution in [0.25, 0.3) is 0 Å². The first-order chi connectivity index (χ1) is 4.47. The van der Waals surface area contributed by atoms with Crippen molar-refractivity contribution in [2.45, 2.75) is 33.2 Å². The van der Waals surface area contributed by atoms with E-state index in [-0.39, 0.29) is 0 Å². The third kappa shape index (κ3) is 0.460. The number of rotatable bonds is 0. The van der Waals surface area contributed by atoms with Gasteiger partial charge in [0.25, 0.3) is 0 Å². The van der Waals surface area contributed by atoms with E-state index in [1.165, 1.54) is 13.0 Å². The van der Waals surface area contributed by atoms with Crippen LogP contribution in [0.3, 0.4) is 0 Å². The molecule has 10 heavy (non-hydrogen) atoms. The van der Waals surface area contributed by atoms with Crippen LogP contribution in [0.5, 0.6) is 0 Å². The van der Waals surface area contributed by atoms with Crippen LogP contribution in [0.15, 0.2) is 0 Å². The zero-order valence-corrected chi connectivity index (χ0v) is 7.44. The molecule has 1 saturated carbocycles. The molecule has 1 nitrogen and oxygen atoms in total. The second-order valence-corrected chi connectivity index (χ2v) is 4.92. The molecule has 1 heteroatoms. The lowest BCUT2D eigenvalue weighted by molar-refractivity contribution is -0.00600. The first-order valence-electron chi connectivity index (χ1n) is 4.18. The predicted molar refractivity (Wildman–Crippen MR) is 42.9 cm³/mol. The third-order valence-electron chi connectivity index (χ3n) is 4.16. The first kappa shape index (κ1) is 6.66. The van der Waals surface area contributed by atoms with Gasteiger partial charge in [-0.05, 0) is 24.3 Å². The molecule has 3 rings (SSSR count). The Kier molecular flexibility index (Phi) is 0.949. The summed E-state index contributed by atoms with van der Waals surface area (Å²) in [5.41, 5.74) is 1.22. The molecule has 0 unspecified atom stereocenters. The van der Waals surface area contributed by atoms with Crippen molar-refractivity contribution < 1.29 is 0 Å². The molecule has 0 aromatic heterocycles. The second-order valence-electron chi connectivity index (χ2n) is 4.92. The van der Waals surface area contributed by atoms with E-state index in [1.54, 1.807) is 0 Å². The van der Waals surface area contributed by atoms with Gasteiger partial charge in [-0.25, -0.2) is 0 Å². The smallest absolute Gasteiger partial charge is 0.0155 e. The Hall–Kier alpha value is -0.0400. The Balaban J connectivity index is 2.31. The largest absolute Gasteiger partial charge is 0.302 e. The fourth-order valence-corrected chi connectivity index (χ4v) is 2.85. The van der Waals surface area contributed by atoms with Crippen molar-refractivity contribution in [3.8, 4) is 0 Å². The highest BCUT2D eigenvalue weighted by molar-refractivity contribution is 5.16. The van der Waals surface area contributed by atoms with Crippen molar-refractivity contribution in [2.75, 3.05) is 13.6 Å². The quantitative estimate of drug-likeness (QED) is 0.494. The van der Waals surface area contributed by atoms with E-state index in [4.69, 9.17) is 0 Å². The predicted octanol–water partition coefficient (Wildman–Crippen LogP) is 1.74. The highest BCUT2D eigenvalue weighted by Gasteiger charge is 2.64. The highest BCUT2D eigenvalue weighted by atomic mass is 15.2. The van der Waals surface area contributed by atoms with Crippen LogP contribution in [0.1, 0.15) is 27.2 Å². The van der Waals surface area contributed by atoms with Gasteiger partial charge in [-0.2, -0.15) is 0 Å². The average Bonchev–Trinajstić information content (AvgIpc) is 2.17. The second kappa shape index (κ2) is 1.42. The fourth-order valence-electron chi connectivity index (χ4n) is 2.85. The first-order valence-corrected chi connectivity index (χ1v) is 4.18. The molecule has 0 aromatic rings. The summed E-state index contributed by atoms with van der Waals surface area (Å²) in [6.45, 7) is 8.55. The van der Waals surface area contributed by atoms with Crippen LogP contribution in [0.4, 0.5) is 0 Å². The Morgan fingerprint density at radius 2 is 1.90 bits per heavy atom. The summed E-state index contributed by atoms with van der Waals surface area (Å²) in [6.07, 6.45) is 1.43. The van der Waals surface area contributed by atoms with Crippen molar-refractivity contribution in [3.63, 3.8) is 0 Å². The summed E-state index contributed by atoms with van der Waals surface area (Å²) in [7, 11) is 2.25. The molecular weight excluding hydrogens is 122 g/mol. The van der Waals surface area contributed by atoms with Gasteiger partial charge >= 0.3 is 0 Å². The molecule has 0 amide bonds. The van der Waals surface area contributed by atoms with Gasteiger partial charge < -0.3 is 4.90 Å². The summed E-state index contributed by atoms with van der Waals surface area (Å²) in [5.74, 6) is 0. The average molecular weight is 139 g/mol. The van der Waals surface area contributed by atoms with Crippen molar-refractivity contribution in [2.24, 2.45) is 10.8 Å². The van der Waals surface area contributed by atoms with Crippen molar-refractivity contribution in [1.29, 1.82) is 0 Å². The minimum atomic E-state index is 0.585. The lowest BCUT2D eigenvalue weighted by Gasteiger charge is -2.52. The van der Waals surface area contributed by atoms with Crippen molar-refractivity contribution >= 4 is 0 Å². The zero-order valence-electron chi connectivity index (χ0n) is 7.44. The normalized spacial score (nSPS) is 51.0. The van der Waals surface area contributed by atoms with E-state index in [0.29, 0.717) is 10.8 Å². The summed E-state index contributed by atoms with van der Waals surface area (Å²) in [5, 5.41) is 0. The fraction of sp³-hybridized carbons (Fsp3) is 1.00. The third-order valence-corrected chi connectivity index (χ3v) is 4.16. The SMILES string of the molecule is CN1C[C@@]2(C)C[C@@H]1C2(C)C. The van der Waals surface area contributed by atoms with Crippen LogP contribution < -0.4 is 0 Å². The number of nitrogens with zero attached hydrogens (tertiary/aromatic N) is 1. The van der Waals surface area contributed by atoms with Crippen LogP contribution in [-0.4, -0.2) is 24.5 Å². The molecule has 2 atom stereocenters. The molecule has 2 heterocycles. The highest BCUT2D eigenvalue weighted by Crippen LogP contribution is 2.63. The molecule has 1 aliphatic carbocycles. The van der Waals surface area contributed by atoms with Gasteiger partial charge in [0.2, 0.25) is 0 Å². The topological polar surface area (TPSA) is 3.24 Å². The molecule has 2 bridgehead atoms.